The second kappa shape index (κ2) is 8.24. The number of rotatable bonds is 7. The van der Waals surface area contributed by atoms with E-state index in [4.69, 9.17) is 0 Å². The fourth-order valence-electron chi connectivity index (χ4n) is 4.07. The Hall–Kier alpha value is -3.87. The molecule has 1 aromatic carbocycles. The first-order valence-electron chi connectivity index (χ1n) is 11.5. The van der Waals surface area contributed by atoms with E-state index in [9.17, 15) is 4.79 Å². The van der Waals surface area contributed by atoms with Crippen LogP contribution in [0, 0.1) is 5.92 Å². The zero-order valence-corrected chi connectivity index (χ0v) is 18.2. The highest BCUT2D eigenvalue weighted by atomic mass is 16.1. The maximum absolute atomic E-state index is 12.9. The van der Waals surface area contributed by atoms with Gasteiger partial charge in [-0.3, -0.25) is 14.8 Å². The van der Waals surface area contributed by atoms with E-state index in [1.807, 2.05) is 36.5 Å². The quantitative estimate of drug-likeness (QED) is 0.443. The molecule has 164 valence electrons. The highest BCUT2D eigenvalue weighted by Crippen LogP contribution is 2.37. The molecule has 2 saturated carbocycles. The summed E-state index contributed by atoms with van der Waals surface area (Å²) in [5, 5.41) is 11.3. The second-order valence-corrected chi connectivity index (χ2v) is 8.94. The van der Waals surface area contributed by atoms with Crippen molar-refractivity contribution in [1.82, 2.24) is 24.7 Å². The molecule has 2 fully saturated rings. The number of aromatic nitrogens is 5. The lowest BCUT2D eigenvalue weighted by Gasteiger charge is -2.09. The molecule has 0 saturated heterocycles. The molecule has 0 spiro atoms. The minimum Gasteiger partial charge on any atom is -0.321 e. The van der Waals surface area contributed by atoms with Crippen molar-refractivity contribution in [3.63, 3.8) is 0 Å². The summed E-state index contributed by atoms with van der Waals surface area (Å²) < 4.78 is 2.11. The SMILES string of the molecule is O=C(Nc1cccc(-c2nncn2C2CC2)c1)c1cc(-c2ccc(CC3CC3)nc2)ccn1. The number of pyridine rings is 2. The van der Waals surface area contributed by atoms with Gasteiger partial charge in [0.15, 0.2) is 5.82 Å². The number of hydrogen-bond acceptors (Lipinski definition) is 5. The fraction of sp³-hybridized carbons (Fsp3) is 0.269. The molecule has 1 amide bonds. The van der Waals surface area contributed by atoms with Crippen LogP contribution in [0.3, 0.4) is 0 Å². The van der Waals surface area contributed by atoms with Crippen LogP contribution in [-0.2, 0) is 6.42 Å². The Labute approximate surface area is 191 Å². The van der Waals surface area contributed by atoms with E-state index >= 15 is 0 Å². The highest BCUT2D eigenvalue weighted by Gasteiger charge is 2.26. The molecule has 1 N–H and O–H groups in total. The van der Waals surface area contributed by atoms with Gasteiger partial charge in [-0.05, 0) is 73.9 Å². The van der Waals surface area contributed by atoms with E-state index in [1.54, 1.807) is 18.6 Å². The lowest BCUT2D eigenvalue weighted by atomic mass is 10.1. The van der Waals surface area contributed by atoms with Gasteiger partial charge in [-0.15, -0.1) is 10.2 Å². The van der Waals surface area contributed by atoms with Crippen LogP contribution in [0.15, 0.2) is 67.3 Å². The molecule has 2 aliphatic rings. The van der Waals surface area contributed by atoms with Crippen LogP contribution < -0.4 is 5.32 Å². The Balaban J connectivity index is 1.19. The molecule has 0 radical (unpaired) electrons. The normalized spacial score (nSPS) is 15.4. The van der Waals surface area contributed by atoms with Crippen LogP contribution in [0.5, 0.6) is 0 Å². The van der Waals surface area contributed by atoms with Crippen molar-refractivity contribution in [2.75, 3.05) is 5.32 Å². The van der Waals surface area contributed by atoms with Gasteiger partial charge >= 0.3 is 0 Å². The van der Waals surface area contributed by atoms with Gasteiger partial charge in [-0.25, -0.2) is 0 Å². The molecule has 0 atom stereocenters. The smallest absolute Gasteiger partial charge is 0.274 e. The first kappa shape index (κ1) is 19.8. The number of nitrogens with one attached hydrogen (secondary N) is 1. The largest absolute Gasteiger partial charge is 0.321 e. The summed E-state index contributed by atoms with van der Waals surface area (Å²) in [5.41, 5.74) is 5.02. The lowest BCUT2D eigenvalue weighted by Crippen LogP contribution is -2.13. The van der Waals surface area contributed by atoms with Crippen molar-refractivity contribution in [2.24, 2.45) is 5.92 Å². The van der Waals surface area contributed by atoms with E-state index in [2.05, 4.69) is 42.2 Å². The molecule has 4 aromatic rings. The van der Waals surface area contributed by atoms with Crippen molar-refractivity contribution in [1.29, 1.82) is 0 Å². The zero-order valence-electron chi connectivity index (χ0n) is 18.2. The molecular formula is C26H24N6O. The average molecular weight is 437 g/mol. The molecular weight excluding hydrogens is 412 g/mol. The molecule has 2 aliphatic carbocycles. The van der Waals surface area contributed by atoms with Gasteiger partial charge in [0.2, 0.25) is 0 Å². The molecule has 0 unspecified atom stereocenters. The van der Waals surface area contributed by atoms with Crippen LogP contribution >= 0.6 is 0 Å². The van der Waals surface area contributed by atoms with Gasteiger partial charge in [0.25, 0.3) is 5.91 Å². The van der Waals surface area contributed by atoms with Crippen LogP contribution in [0.4, 0.5) is 5.69 Å². The van der Waals surface area contributed by atoms with E-state index in [0.29, 0.717) is 17.4 Å². The zero-order chi connectivity index (χ0) is 22.2. The fourth-order valence-corrected chi connectivity index (χ4v) is 4.07. The lowest BCUT2D eigenvalue weighted by molar-refractivity contribution is 0.102. The molecule has 3 aromatic heterocycles. The Kier molecular flexibility index (Phi) is 4.94. The molecule has 33 heavy (non-hydrogen) atoms. The van der Waals surface area contributed by atoms with E-state index in [1.165, 1.54) is 12.8 Å². The third kappa shape index (κ3) is 4.39. The number of amides is 1. The maximum Gasteiger partial charge on any atom is 0.274 e. The standard InChI is InChI=1S/C26H24N6O/c33-26(30-22-3-1-2-19(13-22)25-31-29-16-32(25)23-8-9-23)24-14-18(10-11-27-24)20-6-7-21(28-15-20)12-17-4-5-17/h1-3,6-7,10-11,13-17,23H,4-5,8-9,12H2,(H,30,33). The number of hydrogen-bond donors (Lipinski definition) is 1. The Morgan fingerprint density at radius 1 is 0.970 bits per heavy atom. The van der Waals surface area contributed by atoms with Crippen molar-refractivity contribution in [3.05, 3.63) is 78.6 Å². The van der Waals surface area contributed by atoms with Crippen LogP contribution in [-0.4, -0.2) is 30.6 Å². The van der Waals surface area contributed by atoms with E-state index < -0.39 is 0 Å². The van der Waals surface area contributed by atoms with Crippen molar-refractivity contribution in [2.45, 2.75) is 38.1 Å². The van der Waals surface area contributed by atoms with Gasteiger partial charge < -0.3 is 9.88 Å². The summed E-state index contributed by atoms with van der Waals surface area (Å²) in [7, 11) is 0. The number of anilines is 1. The first-order valence-corrected chi connectivity index (χ1v) is 11.5. The summed E-state index contributed by atoms with van der Waals surface area (Å²) in [5.74, 6) is 1.38. The van der Waals surface area contributed by atoms with Gasteiger partial charge in [0, 0.05) is 40.9 Å². The van der Waals surface area contributed by atoms with E-state index in [0.717, 1.165) is 53.4 Å². The molecule has 3 heterocycles. The molecule has 0 bridgehead atoms. The predicted molar refractivity (Wildman–Crippen MR) is 126 cm³/mol. The highest BCUT2D eigenvalue weighted by molar-refractivity contribution is 6.03. The average Bonchev–Trinajstić information content (AvgIpc) is 3.79. The molecule has 6 rings (SSSR count). The number of carbonyl (C=O) groups is 1. The van der Waals surface area contributed by atoms with Crippen molar-refractivity contribution >= 4 is 11.6 Å². The number of carbonyl (C=O) groups excluding carboxylic acids is 1. The van der Waals surface area contributed by atoms with E-state index in [-0.39, 0.29) is 5.91 Å². The molecule has 7 heteroatoms. The van der Waals surface area contributed by atoms with Gasteiger partial charge in [0.05, 0.1) is 0 Å². The Bertz CT molecular complexity index is 1300. The monoisotopic (exact) mass is 436 g/mol. The maximum atomic E-state index is 12.9. The minimum atomic E-state index is -0.254. The van der Waals surface area contributed by atoms with Gasteiger partial charge in [0.1, 0.15) is 12.0 Å². The summed E-state index contributed by atoms with van der Waals surface area (Å²) in [6.45, 7) is 0. The third-order valence-corrected chi connectivity index (χ3v) is 6.24. The topological polar surface area (TPSA) is 85.6 Å². The van der Waals surface area contributed by atoms with Crippen molar-refractivity contribution in [3.8, 4) is 22.5 Å². The van der Waals surface area contributed by atoms with Crippen LogP contribution in [0.1, 0.15) is 47.9 Å². The number of nitrogens with zero attached hydrogens (tertiary/aromatic N) is 5. The van der Waals surface area contributed by atoms with Crippen molar-refractivity contribution < 1.29 is 4.79 Å². The van der Waals surface area contributed by atoms with Gasteiger partial charge in [-0.2, -0.15) is 0 Å². The van der Waals surface area contributed by atoms with Crippen LogP contribution in [0.25, 0.3) is 22.5 Å². The minimum absolute atomic E-state index is 0.254. The van der Waals surface area contributed by atoms with Crippen LogP contribution in [0.2, 0.25) is 0 Å². The summed E-state index contributed by atoms with van der Waals surface area (Å²) in [4.78, 5) is 21.8. The molecule has 7 nitrogen and oxygen atoms in total. The second-order valence-electron chi connectivity index (χ2n) is 8.94. The predicted octanol–water partition coefficient (Wildman–Crippen LogP) is 4.94. The number of benzene rings is 1. The summed E-state index contributed by atoms with van der Waals surface area (Å²) in [6.07, 6.45) is 11.3. The third-order valence-electron chi connectivity index (χ3n) is 6.24. The van der Waals surface area contributed by atoms with Gasteiger partial charge in [-0.1, -0.05) is 18.2 Å². The Morgan fingerprint density at radius 2 is 1.88 bits per heavy atom. The first-order chi connectivity index (χ1) is 16.2. The molecule has 0 aliphatic heterocycles. The summed E-state index contributed by atoms with van der Waals surface area (Å²) in [6, 6.07) is 16.0. The summed E-state index contributed by atoms with van der Waals surface area (Å²) >= 11 is 0. The Morgan fingerprint density at radius 3 is 2.67 bits per heavy atom.